The molecular formula is C26H28ClN2O2Rh+. The molecule has 4 rings (SSSR count). The molecule has 0 spiro atoms. The summed E-state index contributed by atoms with van der Waals surface area (Å²) in [4.78, 5) is 16.1. The average molecular weight is 539 g/mol. The second-order valence-electron chi connectivity index (χ2n) is 7.59. The molecule has 1 heterocycles. The summed E-state index contributed by atoms with van der Waals surface area (Å²) in [6.45, 7) is 11.0. The number of imidazole rings is 1. The molecule has 0 unspecified atom stereocenters. The van der Waals surface area contributed by atoms with E-state index in [9.17, 15) is 4.79 Å². The van der Waals surface area contributed by atoms with Crippen LogP contribution in [0.3, 0.4) is 0 Å². The number of methoxy groups -OCH3 is 1. The second-order valence-corrected chi connectivity index (χ2v) is 7.59. The first-order valence-electron chi connectivity index (χ1n) is 10.1. The zero-order valence-corrected chi connectivity index (χ0v) is 21.9. The van der Waals surface area contributed by atoms with Crippen LogP contribution in [0.15, 0.2) is 42.5 Å². The minimum absolute atomic E-state index is 0.356. The maximum absolute atomic E-state index is 11.6. The predicted octanol–water partition coefficient (Wildman–Crippen LogP) is 6.49. The van der Waals surface area contributed by atoms with Gasteiger partial charge in [0, 0.05) is 7.05 Å². The number of aryl methyl sites for hydroxylation is 1. The molecule has 3 aromatic rings. The summed E-state index contributed by atoms with van der Waals surface area (Å²) in [5, 5.41) is 0. The van der Waals surface area contributed by atoms with Gasteiger partial charge in [-0.2, -0.15) is 0 Å². The van der Waals surface area contributed by atoms with Gasteiger partial charge in [-0.1, -0.05) is 34.6 Å². The number of halogens is 1. The van der Waals surface area contributed by atoms with Crippen molar-refractivity contribution in [2.45, 2.75) is 34.6 Å². The molecule has 0 atom stereocenters. The molecule has 6 heteroatoms. The van der Waals surface area contributed by atoms with E-state index in [1.807, 2.05) is 59.3 Å². The van der Waals surface area contributed by atoms with Crippen molar-refractivity contribution in [2.24, 2.45) is 7.05 Å². The van der Waals surface area contributed by atoms with Gasteiger partial charge in [-0.3, -0.25) is 4.98 Å². The Morgan fingerprint density at radius 3 is 2.00 bits per heavy atom. The van der Waals surface area contributed by atoms with Crippen LogP contribution in [0.25, 0.3) is 22.4 Å². The summed E-state index contributed by atoms with van der Waals surface area (Å²) in [5.41, 5.74) is 3.15. The Morgan fingerprint density at radius 1 is 0.969 bits per heavy atom. The van der Waals surface area contributed by atoms with Crippen LogP contribution in [0.4, 0.5) is 0 Å². The first kappa shape index (κ1) is 26.5. The number of rotatable bonds is 2. The van der Waals surface area contributed by atoms with Crippen LogP contribution in [-0.4, -0.2) is 22.6 Å². The summed E-state index contributed by atoms with van der Waals surface area (Å²) in [6.07, 6.45) is 0. The van der Waals surface area contributed by atoms with Crippen molar-refractivity contribution >= 4 is 26.7 Å². The Balaban J connectivity index is 0.000000255. The van der Waals surface area contributed by atoms with Gasteiger partial charge in [0.05, 0.1) is 29.5 Å². The van der Waals surface area contributed by atoms with Gasteiger partial charge >= 0.3 is 33.0 Å². The Bertz CT molecular complexity index is 977. The van der Waals surface area contributed by atoms with Crippen molar-refractivity contribution < 1.29 is 26.8 Å². The van der Waals surface area contributed by atoms with Crippen LogP contribution in [-0.2, 0) is 29.1 Å². The summed E-state index contributed by atoms with van der Waals surface area (Å²) >= 11 is 2.02. The third kappa shape index (κ3) is 5.61. The van der Waals surface area contributed by atoms with Gasteiger partial charge in [0.15, 0.2) is 0 Å². The van der Waals surface area contributed by atoms with Gasteiger partial charge in [0.25, 0.3) is 0 Å². The summed E-state index contributed by atoms with van der Waals surface area (Å²) < 4.78 is 6.72. The van der Waals surface area contributed by atoms with Gasteiger partial charge in [-0.05, 0) is 47.8 Å². The van der Waals surface area contributed by atoms with Crippen molar-refractivity contribution in [1.29, 1.82) is 0 Å². The quantitative estimate of drug-likeness (QED) is 0.213. The molecule has 0 aliphatic heterocycles. The molecule has 1 saturated carbocycles. The van der Waals surface area contributed by atoms with Gasteiger partial charge in [-0.15, -0.1) is 35.9 Å². The van der Waals surface area contributed by atoms with Crippen molar-refractivity contribution in [3.05, 3.63) is 83.7 Å². The number of hydrogen-bond donors (Lipinski definition) is 0. The Hall–Kier alpha value is -1.71. The molecule has 5 radical (unpaired) electrons. The van der Waals surface area contributed by atoms with Crippen LogP contribution >= 0.6 is 9.69 Å². The molecule has 32 heavy (non-hydrogen) atoms. The molecule has 169 valence electrons. The summed E-state index contributed by atoms with van der Waals surface area (Å²) in [7, 11) is 7.85. The topological polar surface area (TPSA) is 44.1 Å². The molecule has 1 aliphatic rings. The van der Waals surface area contributed by atoms with Gasteiger partial charge < -0.3 is 9.30 Å². The Kier molecular flexibility index (Phi) is 9.92. The zero-order valence-electron chi connectivity index (χ0n) is 19.5. The Labute approximate surface area is 206 Å². The molecule has 4 nitrogen and oxygen atoms in total. The number of esters is 1. The van der Waals surface area contributed by atoms with Crippen LogP contribution < -0.4 is 0 Å². The number of nitrogens with zero attached hydrogens (tertiary/aromatic N) is 2. The molecule has 1 aliphatic carbocycles. The van der Waals surface area contributed by atoms with Crippen molar-refractivity contribution in [3.63, 3.8) is 0 Å². The monoisotopic (exact) mass is 538 g/mol. The number of carbonyl (C=O) groups is 1. The molecule has 0 bridgehead atoms. The number of fused-ring (bicyclic) bond motifs is 1. The first-order chi connectivity index (χ1) is 15.3. The standard InChI is InChI=1S/C16H13N2O2.C10H15.ClH.Rh/c1-18-14-9-8-12(16(19)20-2)10-13(14)17-15(18)11-6-4-3-5-7-11;1-6-7(2)9(4)10(5)8(6)3;;/h3-6,8-10H,1-2H3;1-5H3;1H;/q-1;;;+3/p-1. The normalized spacial score (nSPS) is 15.8. The van der Waals surface area contributed by atoms with E-state index in [1.54, 1.807) is 12.1 Å². The van der Waals surface area contributed by atoms with Crippen LogP contribution in [0.5, 0.6) is 0 Å². The van der Waals surface area contributed by atoms with Crippen LogP contribution in [0.2, 0.25) is 0 Å². The van der Waals surface area contributed by atoms with E-state index < -0.39 is 0 Å². The first-order valence-corrected chi connectivity index (χ1v) is 12.2. The number of carbonyl (C=O) groups excluding carboxylic acids is 1. The van der Waals surface area contributed by atoms with E-state index in [0.717, 1.165) is 22.4 Å². The predicted molar refractivity (Wildman–Crippen MR) is 127 cm³/mol. The maximum atomic E-state index is 11.6. The molecule has 0 saturated heterocycles. The van der Waals surface area contributed by atoms with E-state index in [-0.39, 0.29) is 5.97 Å². The van der Waals surface area contributed by atoms with E-state index >= 15 is 0 Å². The minimum atomic E-state index is -0.356. The van der Waals surface area contributed by atoms with Gasteiger partial charge in [0.2, 0.25) is 0 Å². The molecule has 0 amide bonds. The fourth-order valence-corrected chi connectivity index (χ4v) is 3.62. The molecule has 0 N–H and O–H groups in total. The van der Waals surface area contributed by atoms with Crippen molar-refractivity contribution in [2.75, 3.05) is 7.11 Å². The Morgan fingerprint density at radius 2 is 1.53 bits per heavy atom. The van der Waals surface area contributed by atoms with E-state index in [0.29, 0.717) is 5.56 Å². The number of ether oxygens (including phenoxy) is 1. The fourth-order valence-electron chi connectivity index (χ4n) is 3.62. The van der Waals surface area contributed by atoms with E-state index in [4.69, 9.17) is 4.74 Å². The zero-order chi connectivity index (χ0) is 24.0. The van der Waals surface area contributed by atoms with Crippen molar-refractivity contribution in [3.8, 4) is 11.4 Å². The third-order valence-corrected chi connectivity index (χ3v) is 6.06. The van der Waals surface area contributed by atoms with Crippen molar-refractivity contribution in [1.82, 2.24) is 9.55 Å². The molecule has 1 aromatic heterocycles. The number of benzene rings is 2. The summed E-state index contributed by atoms with van der Waals surface area (Å²) in [5.74, 6) is 7.80. The van der Waals surface area contributed by atoms with E-state index in [1.165, 1.54) is 36.7 Å². The molecule has 2 aromatic carbocycles. The second kappa shape index (κ2) is 12.0. The SMILES string of the molecule is COC(=O)c1ccc2c(c1)nc(-c1[c-]cccc1)n2C.C[C]1[C](C)[C](C)[C](C)[C]1C.[Cl][Rh+2]. The van der Waals surface area contributed by atoms with Gasteiger partial charge in [-0.25, -0.2) is 4.79 Å². The average Bonchev–Trinajstić information content (AvgIpc) is 3.26. The van der Waals surface area contributed by atoms with Gasteiger partial charge in [0.1, 0.15) is 0 Å². The molecule has 1 fully saturated rings. The third-order valence-electron chi connectivity index (χ3n) is 6.06. The summed E-state index contributed by atoms with van der Waals surface area (Å²) in [6, 6.07) is 16.2. The number of aromatic nitrogens is 2. The number of hydrogen-bond acceptors (Lipinski definition) is 3. The molecular weight excluding hydrogens is 511 g/mol. The van der Waals surface area contributed by atoms with E-state index in [2.05, 4.69) is 55.4 Å². The van der Waals surface area contributed by atoms with Crippen LogP contribution in [0.1, 0.15) is 45.0 Å². The fraction of sp³-hybridized carbons (Fsp3) is 0.269. The van der Waals surface area contributed by atoms with Crippen LogP contribution in [0, 0.1) is 35.7 Å².